The highest BCUT2D eigenvalue weighted by Crippen LogP contribution is 2.33. The van der Waals surface area contributed by atoms with Crippen LogP contribution in [-0.2, 0) is 16.1 Å². The molecule has 102 valence electrons. The first-order valence-electron chi connectivity index (χ1n) is 6.43. The predicted molar refractivity (Wildman–Crippen MR) is 71.4 cm³/mol. The Morgan fingerprint density at radius 2 is 2.05 bits per heavy atom. The Kier molecular flexibility index (Phi) is 4.27. The van der Waals surface area contributed by atoms with Crippen LogP contribution in [0.5, 0.6) is 0 Å². The molecule has 1 aliphatic heterocycles. The summed E-state index contributed by atoms with van der Waals surface area (Å²) in [5, 5.41) is 2.90. The molecule has 1 aliphatic rings. The smallest absolute Gasteiger partial charge is 0.316 e. The molecular formula is C14H18N2O3. The van der Waals surface area contributed by atoms with Crippen LogP contribution in [-0.4, -0.2) is 37.1 Å². The van der Waals surface area contributed by atoms with E-state index in [9.17, 15) is 9.70 Å². The fraction of sp³-hybridized carbons (Fsp3) is 0.500. The van der Waals surface area contributed by atoms with E-state index in [2.05, 4.69) is 10.1 Å². The van der Waals surface area contributed by atoms with Gasteiger partial charge in [0.1, 0.15) is 5.41 Å². The first kappa shape index (κ1) is 13.7. The van der Waals surface area contributed by atoms with Gasteiger partial charge in [-0.15, -0.1) is 0 Å². The second-order valence-corrected chi connectivity index (χ2v) is 4.92. The summed E-state index contributed by atoms with van der Waals surface area (Å²) in [6, 6.07) is 10.0. The first-order valence-corrected chi connectivity index (χ1v) is 6.43. The van der Waals surface area contributed by atoms with Crippen molar-refractivity contribution in [1.29, 1.82) is 0 Å². The zero-order chi connectivity index (χ0) is 13.7. The Morgan fingerprint density at radius 1 is 1.37 bits per heavy atom. The van der Waals surface area contributed by atoms with Gasteiger partial charge in [-0.05, 0) is 12.5 Å². The summed E-state index contributed by atoms with van der Waals surface area (Å²) < 4.78 is 5.04. The first-order chi connectivity index (χ1) is 9.20. The number of hydrogen-bond donors (Lipinski definition) is 0. The van der Waals surface area contributed by atoms with E-state index in [1.54, 1.807) is 6.92 Å². The highest BCUT2D eigenvalue weighted by molar-refractivity contribution is 5.79. The number of rotatable bonds is 6. The minimum absolute atomic E-state index is 0.00285. The maximum Gasteiger partial charge on any atom is 0.316 e. The zero-order valence-corrected chi connectivity index (χ0v) is 11.0. The largest absolute Gasteiger partial charge is 0.465 e. The van der Waals surface area contributed by atoms with Crippen molar-refractivity contribution in [3.05, 3.63) is 40.8 Å². The van der Waals surface area contributed by atoms with Crippen LogP contribution in [0.2, 0.25) is 0 Å². The van der Waals surface area contributed by atoms with E-state index >= 15 is 0 Å². The van der Waals surface area contributed by atoms with Gasteiger partial charge in [-0.25, -0.2) is 0 Å². The number of nitrogens with zero attached hydrogens (tertiary/aromatic N) is 2. The van der Waals surface area contributed by atoms with E-state index in [-0.39, 0.29) is 12.5 Å². The van der Waals surface area contributed by atoms with Crippen molar-refractivity contribution >= 4 is 5.97 Å². The molecular weight excluding hydrogens is 244 g/mol. The minimum Gasteiger partial charge on any atom is -0.465 e. The third-order valence-corrected chi connectivity index (χ3v) is 3.38. The third-order valence-electron chi connectivity index (χ3n) is 3.38. The third kappa shape index (κ3) is 2.98. The Morgan fingerprint density at radius 3 is 2.63 bits per heavy atom. The summed E-state index contributed by atoms with van der Waals surface area (Å²) >= 11 is 0. The molecule has 0 N–H and O–H groups in total. The average Bonchev–Trinajstić information content (AvgIpc) is 2.37. The van der Waals surface area contributed by atoms with E-state index in [1.807, 2.05) is 30.3 Å². The summed E-state index contributed by atoms with van der Waals surface area (Å²) in [5.41, 5.74) is 0.464. The van der Waals surface area contributed by atoms with Crippen molar-refractivity contribution in [3.8, 4) is 0 Å². The van der Waals surface area contributed by atoms with Crippen molar-refractivity contribution in [2.45, 2.75) is 13.5 Å². The number of carbonyl (C=O) groups is 1. The minimum atomic E-state index is -0.730. The normalized spacial score (nSPS) is 17.5. The van der Waals surface area contributed by atoms with Gasteiger partial charge in [0.05, 0.1) is 13.2 Å². The molecule has 1 fully saturated rings. The highest BCUT2D eigenvalue weighted by atomic mass is 16.5. The maximum atomic E-state index is 11.9. The standard InChI is InChI=1S/C14H18N2O3/c1-2-19-13(17)14(9-15-18)10-16(11-14)8-12-6-4-3-5-7-12/h3-7H,2,8-11H2,1H3. The number of benzene rings is 1. The van der Waals surface area contributed by atoms with E-state index in [0.717, 1.165) is 6.54 Å². The van der Waals surface area contributed by atoms with Gasteiger partial charge in [0.15, 0.2) is 0 Å². The van der Waals surface area contributed by atoms with Crippen LogP contribution in [0.25, 0.3) is 0 Å². The molecule has 0 unspecified atom stereocenters. The van der Waals surface area contributed by atoms with Crippen molar-refractivity contribution < 1.29 is 9.53 Å². The Balaban J connectivity index is 1.94. The summed E-state index contributed by atoms with van der Waals surface area (Å²) in [6.07, 6.45) is 0. The Bertz CT molecular complexity index is 441. The average molecular weight is 262 g/mol. The van der Waals surface area contributed by atoms with Gasteiger partial charge in [-0.1, -0.05) is 35.5 Å². The van der Waals surface area contributed by atoms with Crippen LogP contribution < -0.4 is 0 Å². The predicted octanol–water partition coefficient (Wildman–Crippen LogP) is 1.82. The molecule has 19 heavy (non-hydrogen) atoms. The van der Waals surface area contributed by atoms with Crippen LogP contribution in [0.4, 0.5) is 0 Å². The second kappa shape index (κ2) is 5.93. The summed E-state index contributed by atoms with van der Waals surface area (Å²) in [5.74, 6) is -0.307. The van der Waals surface area contributed by atoms with Gasteiger partial charge < -0.3 is 4.74 Å². The molecule has 0 atom stereocenters. The van der Waals surface area contributed by atoms with Crippen LogP contribution in [0, 0.1) is 10.3 Å². The van der Waals surface area contributed by atoms with Crippen molar-refractivity contribution in [1.82, 2.24) is 4.90 Å². The van der Waals surface area contributed by atoms with Crippen LogP contribution in [0.1, 0.15) is 12.5 Å². The topological polar surface area (TPSA) is 59.0 Å². The van der Waals surface area contributed by atoms with Crippen LogP contribution in [0.3, 0.4) is 0 Å². The molecule has 0 bridgehead atoms. The zero-order valence-electron chi connectivity index (χ0n) is 11.0. The molecule has 2 rings (SSSR count). The van der Waals surface area contributed by atoms with Crippen molar-refractivity contribution in [2.24, 2.45) is 10.6 Å². The summed E-state index contributed by atoms with van der Waals surface area (Å²) in [4.78, 5) is 24.5. The van der Waals surface area contributed by atoms with Gasteiger partial charge in [0.25, 0.3) is 0 Å². The number of likely N-dealkylation sites (tertiary alicyclic amines) is 1. The van der Waals surface area contributed by atoms with Crippen molar-refractivity contribution in [3.63, 3.8) is 0 Å². The van der Waals surface area contributed by atoms with Gasteiger partial charge in [-0.2, -0.15) is 4.91 Å². The fourth-order valence-corrected chi connectivity index (χ4v) is 2.46. The number of carbonyl (C=O) groups excluding carboxylic acids is 1. The lowest BCUT2D eigenvalue weighted by molar-refractivity contribution is -0.166. The summed E-state index contributed by atoms with van der Waals surface area (Å²) in [6.45, 7) is 3.94. The molecule has 0 aliphatic carbocycles. The molecule has 1 saturated heterocycles. The molecule has 1 heterocycles. The number of esters is 1. The van der Waals surface area contributed by atoms with E-state index in [1.165, 1.54) is 5.56 Å². The SMILES string of the molecule is CCOC(=O)C1(CN=O)CN(Cc2ccccc2)C1. The van der Waals surface area contributed by atoms with Crippen molar-refractivity contribution in [2.75, 3.05) is 26.2 Å². The number of ether oxygens (including phenoxy) is 1. The lowest BCUT2D eigenvalue weighted by Gasteiger charge is -2.46. The lowest BCUT2D eigenvalue weighted by Crippen LogP contribution is -2.62. The van der Waals surface area contributed by atoms with E-state index < -0.39 is 5.41 Å². The molecule has 1 aromatic carbocycles. The molecule has 1 aromatic rings. The quantitative estimate of drug-likeness (QED) is 0.579. The Hall–Kier alpha value is -1.75. The van der Waals surface area contributed by atoms with Gasteiger partial charge in [0, 0.05) is 19.6 Å². The van der Waals surface area contributed by atoms with Crippen LogP contribution >= 0.6 is 0 Å². The molecule has 0 aromatic heterocycles. The molecule has 0 saturated carbocycles. The number of hydrogen-bond acceptors (Lipinski definition) is 5. The van der Waals surface area contributed by atoms with Gasteiger partial charge >= 0.3 is 5.97 Å². The van der Waals surface area contributed by atoms with Crippen LogP contribution in [0.15, 0.2) is 35.5 Å². The highest BCUT2D eigenvalue weighted by Gasteiger charge is 2.50. The molecule has 5 nitrogen and oxygen atoms in total. The molecule has 0 amide bonds. The fourth-order valence-electron chi connectivity index (χ4n) is 2.46. The molecule has 5 heteroatoms. The monoisotopic (exact) mass is 262 g/mol. The van der Waals surface area contributed by atoms with E-state index in [0.29, 0.717) is 19.7 Å². The molecule has 0 spiro atoms. The van der Waals surface area contributed by atoms with Gasteiger partial charge in [-0.3, -0.25) is 9.69 Å². The van der Waals surface area contributed by atoms with E-state index in [4.69, 9.17) is 4.74 Å². The summed E-state index contributed by atoms with van der Waals surface area (Å²) in [7, 11) is 0. The van der Waals surface area contributed by atoms with Gasteiger partial charge in [0.2, 0.25) is 0 Å². The Labute approximate surface area is 112 Å². The lowest BCUT2D eigenvalue weighted by atomic mass is 9.79. The second-order valence-electron chi connectivity index (χ2n) is 4.92. The molecule has 0 radical (unpaired) electrons. The maximum absolute atomic E-state index is 11.9. The number of nitroso groups, excluding NO2 is 1.